The van der Waals surface area contributed by atoms with Gasteiger partial charge in [-0.1, -0.05) is 0 Å². The molecule has 0 unspecified atom stereocenters. The Labute approximate surface area is 92.7 Å². The van der Waals surface area contributed by atoms with Crippen molar-refractivity contribution in [2.75, 3.05) is 5.32 Å². The smallest absolute Gasteiger partial charge is 0.356 e. The highest BCUT2D eigenvalue weighted by Gasteiger charge is 2.13. The fourth-order valence-electron chi connectivity index (χ4n) is 1.10. The van der Waals surface area contributed by atoms with E-state index in [2.05, 4.69) is 15.6 Å². The van der Waals surface area contributed by atoms with Gasteiger partial charge in [0, 0.05) is 12.2 Å². The van der Waals surface area contributed by atoms with Gasteiger partial charge in [0.15, 0.2) is 5.69 Å². The van der Waals surface area contributed by atoms with E-state index in [4.69, 9.17) is 5.11 Å². The molecule has 0 spiro atoms. The molecule has 0 saturated carbocycles. The van der Waals surface area contributed by atoms with Crippen molar-refractivity contribution in [3.63, 3.8) is 0 Å². The number of pyridine rings is 1. The number of carboxylic acid groups (broad SMARTS) is 1. The predicted octanol–water partition coefficient (Wildman–Crippen LogP) is 1.31. The van der Waals surface area contributed by atoms with Crippen LogP contribution in [0.5, 0.6) is 0 Å². The van der Waals surface area contributed by atoms with E-state index in [0.29, 0.717) is 0 Å². The Morgan fingerprint density at radius 1 is 1.44 bits per heavy atom. The van der Waals surface area contributed by atoms with Crippen LogP contribution in [0.3, 0.4) is 0 Å². The van der Waals surface area contributed by atoms with Crippen molar-refractivity contribution < 1.29 is 14.7 Å². The quantitative estimate of drug-likeness (QED) is 0.720. The molecule has 0 atom stereocenters. The molecule has 0 aromatic carbocycles. The highest BCUT2D eigenvalue weighted by Crippen LogP contribution is 2.11. The third-order valence-corrected chi connectivity index (χ3v) is 1.68. The van der Waals surface area contributed by atoms with E-state index in [1.165, 1.54) is 12.3 Å². The summed E-state index contributed by atoms with van der Waals surface area (Å²) in [7, 11) is 0. The summed E-state index contributed by atoms with van der Waals surface area (Å²) in [5.41, 5.74) is -0.00504. The monoisotopic (exact) mass is 223 g/mol. The summed E-state index contributed by atoms with van der Waals surface area (Å²) < 4.78 is 0. The third-order valence-electron chi connectivity index (χ3n) is 1.68. The van der Waals surface area contributed by atoms with Crippen molar-refractivity contribution in [2.24, 2.45) is 0 Å². The van der Waals surface area contributed by atoms with E-state index in [-0.39, 0.29) is 17.4 Å². The number of aromatic nitrogens is 1. The SMILES string of the molecule is CC(C)NC(=O)Nc1cccnc1C(=O)O. The summed E-state index contributed by atoms with van der Waals surface area (Å²) >= 11 is 0. The minimum atomic E-state index is -1.18. The molecule has 6 nitrogen and oxygen atoms in total. The fraction of sp³-hybridized carbons (Fsp3) is 0.300. The van der Waals surface area contributed by atoms with Gasteiger partial charge in [-0.05, 0) is 26.0 Å². The minimum Gasteiger partial charge on any atom is -0.476 e. The largest absolute Gasteiger partial charge is 0.476 e. The fourth-order valence-corrected chi connectivity index (χ4v) is 1.10. The standard InChI is InChI=1S/C10H13N3O3/c1-6(2)12-10(16)13-7-4-3-5-11-8(7)9(14)15/h3-6H,1-2H3,(H,14,15)(H2,12,13,16). The number of carbonyl (C=O) groups excluding carboxylic acids is 1. The van der Waals surface area contributed by atoms with E-state index in [0.717, 1.165) is 0 Å². The van der Waals surface area contributed by atoms with Crippen LogP contribution in [-0.2, 0) is 0 Å². The zero-order chi connectivity index (χ0) is 12.1. The summed E-state index contributed by atoms with van der Waals surface area (Å²) in [6, 6.07) is 2.56. The number of aromatic carboxylic acids is 1. The number of amides is 2. The molecule has 1 heterocycles. The van der Waals surface area contributed by atoms with Gasteiger partial charge in [-0.25, -0.2) is 14.6 Å². The van der Waals surface area contributed by atoms with E-state index in [1.54, 1.807) is 19.9 Å². The lowest BCUT2D eigenvalue weighted by Crippen LogP contribution is -2.34. The number of nitrogens with zero attached hydrogens (tertiary/aromatic N) is 1. The number of carboxylic acids is 1. The first kappa shape index (κ1) is 12.0. The van der Waals surface area contributed by atoms with Crippen LogP contribution in [0.1, 0.15) is 24.3 Å². The van der Waals surface area contributed by atoms with Crippen LogP contribution >= 0.6 is 0 Å². The summed E-state index contributed by atoms with van der Waals surface area (Å²) in [5.74, 6) is -1.18. The molecule has 6 heteroatoms. The Bertz CT molecular complexity index is 404. The van der Waals surface area contributed by atoms with E-state index in [1.807, 2.05) is 0 Å². The van der Waals surface area contributed by atoms with Crippen LogP contribution in [0.2, 0.25) is 0 Å². The first-order chi connectivity index (χ1) is 7.50. The average Bonchev–Trinajstić information content (AvgIpc) is 2.16. The van der Waals surface area contributed by atoms with Gasteiger partial charge in [0.05, 0.1) is 5.69 Å². The lowest BCUT2D eigenvalue weighted by molar-refractivity contribution is 0.0692. The van der Waals surface area contributed by atoms with Gasteiger partial charge in [-0.2, -0.15) is 0 Å². The van der Waals surface area contributed by atoms with Crippen LogP contribution in [0.15, 0.2) is 18.3 Å². The molecular weight excluding hydrogens is 210 g/mol. The molecule has 0 radical (unpaired) electrons. The molecule has 1 aromatic heterocycles. The van der Waals surface area contributed by atoms with Gasteiger partial charge in [0.2, 0.25) is 0 Å². The number of hydrogen-bond acceptors (Lipinski definition) is 3. The molecular formula is C10H13N3O3. The van der Waals surface area contributed by atoms with Crippen LogP contribution < -0.4 is 10.6 Å². The molecule has 0 fully saturated rings. The Morgan fingerprint density at radius 2 is 2.12 bits per heavy atom. The van der Waals surface area contributed by atoms with E-state index in [9.17, 15) is 9.59 Å². The lowest BCUT2D eigenvalue weighted by Gasteiger charge is -2.10. The number of rotatable bonds is 3. The van der Waals surface area contributed by atoms with E-state index < -0.39 is 12.0 Å². The maximum atomic E-state index is 11.4. The summed E-state index contributed by atoms with van der Waals surface area (Å²) in [4.78, 5) is 25.8. The van der Waals surface area contributed by atoms with Gasteiger partial charge < -0.3 is 15.7 Å². The number of carbonyl (C=O) groups is 2. The Morgan fingerprint density at radius 3 is 2.69 bits per heavy atom. The third kappa shape index (κ3) is 3.23. The number of urea groups is 1. The molecule has 16 heavy (non-hydrogen) atoms. The van der Waals surface area contributed by atoms with Crippen LogP contribution in [0.4, 0.5) is 10.5 Å². The van der Waals surface area contributed by atoms with Crippen molar-refractivity contribution >= 4 is 17.7 Å². The van der Waals surface area contributed by atoms with Gasteiger partial charge in [-0.3, -0.25) is 0 Å². The lowest BCUT2D eigenvalue weighted by atomic mass is 10.3. The molecule has 3 N–H and O–H groups in total. The summed E-state index contributed by atoms with van der Waals surface area (Å²) in [6.07, 6.45) is 1.36. The zero-order valence-electron chi connectivity index (χ0n) is 9.02. The maximum absolute atomic E-state index is 11.4. The van der Waals surface area contributed by atoms with Gasteiger partial charge in [0.1, 0.15) is 0 Å². The summed E-state index contributed by atoms with van der Waals surface area (Å²) in [5, 5.41) is 13.8. The molecule has 1 aromatic rings. The maximum Gasteiger partial charge on any atom is 0.356 e. The molecule has 86 valence electrons. The molecule has 0 aliphatic heterocycles. The van der Waals surface area contributed by atoms with Gasteiger partial charge in [-0.15, -0.1) is 0 Å². The summed E-state index contributed by atoms with van der Waals surface area (Å²) in [6.45, 7) is 3.61. The molecule has 0 bridgehead atoms. The van der Waals surface area contributed by atoms with E-state index >= 15 is 0 Å². The van der Waals surface area contributed by atoms with Crippen molar-refractivity contribution in [1.82, 2.24) is 10.3 Å². The number of anilines is 1. The number of hydrogen-bond donors (Lipinski definition) is 3. The topological polar surface area (TPSA) is 91.3 Å². The average molecular weight is 223 g/mol. The van der Waals surface area contributed by atoms with Crippen molar-refractivity contribution in [2.45, 2.75) is 19.9 Å². The van der Waals surface area contributed by atoms with Crippen molar-refractivity contribution in [3.8, 4) is 0 Å². The Kier molecular flexibility index (Phi) is 3.82. The second kappa shape index (κ2) is 5.11. The molecule has 2 amide bonds. The normalized spacial score (nSPS) is 9.94. The highest BCUT2D eigenvalue weighted by molar-refractivity contribution is 5.98. The molecule has 0 aliphatic rings. The second-order valence-corrected chi connectivity index (χ2v) is 3.46. The Balaban J connectivity index is 2.81. The molecule has 0 aliphatic carbocycles. The Hall–Kier alpha value is -2.11. The highest BCUT2D eigenvalue weighted by atomic mass is 16.4. The zero-order valence-corrected chi connectivity index (χ0v) is 9.02. The van der Waals surface area contributed by atoms with Crippen LogP contribution in [0.25, 0.3) is 0 Å². The van der Waals surface area contributed by atoms with Crippen molar-refractivity contribution in [1.29, 1.82) is 0 Å². The number of nitrogens with one attached hydrogen (secondary N) is 2. The van der Waals surface area contributed by atoms with Crippen LogP contribution in [-0.4, -0.2) is 28.1 Å². The van der Waals surface area contributed by atoms with Crippen molar-refractivity contribution in [3.05, 3.63) is 24.0 Å². The van der Waals surface area contributed by atoms with Gasteiger partial charge in [0.25, 0.3) is 0 Å². The first-order valence-electron chi connectivity index (χ1n) is 4.76. The van der Waals surface area contributed by atoms with Crippen LogP contribution in [0, 0.1) is 0 Å². The predicted molar refractivity (Wildman–Crippen MR) is 58.5 cm³/mol. The van der Waals surface area contributed by atoms with Gasteiger partial charge >= 0.3 is 12.0 Å². The molecule has 1 rings (SSSR count). The first-order valence-corrected chi connectivity index (χ1v) is 4.76. The minimum absolute atomic E-state index is 0.0232. The second-order valence-electron chi connectivity index (χ2n) is 3.46. The molecule has 0 saturated heterocycles.